The first-order chi connectivity index (χ1) is 10.8. The van der Waals surface area contributed by atoms with Crippen LogP contribution < -0.4 is 4.74 Å². The van der Waals surface area contributed by atoms with Gasteiger partial charge in [-0.3, -0.25) is 0 Å². The van der Waals surface area contributed by atoms with Gasteiger partial charge in [-0.25, -0.2) is 4.98 Å². The molecule has 0 saturated carbocycles. The van der Waals surface area contributed by atoms with Crippen LogP contribution in [0.1, 0.15) is 17.0 Å². The van der Waals surface area contributed by atoms with Crippen molar-refractivity contribution in [1.29, 1.82) is 0 Å². The molecule has 2 aromatic carbocycles. The van der Waals surface area contributed by atoms with Gasteiger partial charge in [-0.1, -0.05) is 30.3 Å². The maximum Gasteiger partial charge on any atom is 0.122 e. The number of aromatic hydroxyl groups is 1. The highest BCUT2D eigenvalue weighted by molar-refractivity contribution is 5.35. The molecular weight excluding hydrogens is 276 g/mol. The molecule has 0 fully saturated rings. The zero-order valence-electron chi connectivity index (χ0n) is 12.4. The molecule has 112 valence electrons. The first kappa shape index (κ1) is 14.2. The Balaban J connectivity index is 1.83. The first-order valence-electron chi connectivity index (χ1n) is 7.16. The third kappa shape index (κ3) is 3.11. The zero-order chi connectivity index (χ0) is 15.4. The molecule has 0 amide bonds. The predicted octanol–water partition coefficient (Wildman–Crippen LogP) is 3.24. The molecule has 4 heteroatoms. The SMILES string of the molecule is COc1ccccc1Cc1nccn1Cc1cccc(O)c1. The van der Waals surface area contributed by atoms with Gasteiger partial charge >= 0.3 is 0 Å². The van der Waals surface area contributed by atoms with Gasteiger partial charge in [0.05, 0.1) is 7.11 Å². The van der Waals surface area contributed by atoms with Crippen molar-refractivity contribution in [3.8, 4) is 11.5 Å². The lowest BCUT2D eigenvalue weighted by Gasteiger charge is -2.11. The summed E-state index contributed by atoms with van der Waals surface area (Å²) in [5, 5.41) is 9.57. The highest BCUT2D eigenvalue weighted by Gasteiger charge is 2.08. The van der Waals surface area contributed by atoms with Crippen molar-refractivity contribution >= 4 is 0 Å². The van der Waals surface area contributed by atoms with Crippen molar-refractivity contribution in [2.75, 3.05) is 7.11 Å². The Morgan fingerprint density at radius 3 is 2.82 bits per heavy atom. The van der Waals surface area contributed by atoms with Gasteiger partial charge in [0.25, 0.3) is 0 Å². The molecule has 0 radical (unpaired) electrons. The van der Waals surface area contributed by atoms with Crippen molar-refractivity contribution in [2.24, 2.45) is 0 Å². The normalized spacial score (nSPS) is 10.6. The molecule has 0 saturated heterocycles. The van der Waals surface area contributed by atoms with Crippen molar-refractivity contribution < 1.29 is 9.84 Å². The van der Waals surface area contributed by atoms with Crippen molar-refractivity contribution in [3.63, 3.8) is 0 Å². The van der Waals surface area contributed by atoms with Crippen molar-refractivity contribution in [1.82, 2.24) is 9.55 Å². The third-order valence-electron chi connectivity index (χ3n) is 3.61. The highest BCUT2D eigenvalue weighted by Crippen LogP contribution is 2.21. The molecule has 0 aliphatic carbocycles. The molecular formula is C18H18N2O2. The van der Waals surface area contributed by atoms with E-state index in [0.29, 0.717) is 13.0 Å². The number of hydrogen-bond donors (Lipinski definition) is 1. The first-order valence-corrected chi connectivity index (χ1v) is 7.16. The number of methoxy groups -OCH3 is 1. The van der Waals surface area contributed by atoms with Crippen LogP contribution in [0.5, 0.6) is 11.5 Å². The summed E-state index contributed by atoms with van der Waals surface area (Å²) in [6.07, 6.45) is 4.46. The Labute approximate surface area is 129 Å². The third-order valence-corrected chi connectivity index (χ3v) is 3.61. The number of aromatic nitrogens is 2. The fourth-order valence-corrected chi connectivity index (χ4v) is 2.52. The molecule has 0 atom stereocenters. The molecule has 0 aliphatic rings. The van der Waals surface area contributed by atoms with Gasteiger partial charge in [0.15, 0.2) is 0 Å². The molecule has 0 bridgehead atoms. The number of imidazole rings is 1. The fourth-order valence-electron chi connectivity index (χ4n) is 2.52. The lowest BCUT2D eigenvalue weighted by molar-refractivity contribution is 0.410. The van der Waals surface area contributed by atoms with E-state index in [9.17, 15) is 5.11 Å². The molecule has 3 aromatic rings. The molecule has 0 unspecified atom stereocenters. The Bertz CT molecular complexity index is 765. The molecule has 0 aliphatic heterocycles. The number of phenolic OH excluding ortho intramolecular Hbond substituents is 1. The van der Waals surface area contributed by atoms with Gasteiger partial charge < -0.3 is 14.4 Å². The summed E-state index contributed by atoms with van der Waals surface area (Å²) >= 11 is 0. The summed E-state index contributed by atoms with van der Waals surface area (Å²) in [7, 11) is 1.68. The molecule has 4 nitrogen and oxygen atoms in total. The number of phenols is 1. The second kappa shape index (κ2) is 6.35. The van der Waals surface area contributed by atoms with Crippen LogP contribution in [-0.4, -0.2) is 21.8 Å². The van der Waals surface area contributed by atoms with Gasteiger partial charge in [0.2, 0.25) is 0 Å². The topological polar surface area (TPSA) is 47.3 Å². The number of ether oxygens (including phenoxy) is 1. The van der Waals surface area contributed by atoms with E-state index in [4.69, 9.17) is 4.74 Å². The summed E-state index contributed by atoms with van der Waals surface area (Å²) < 4.78 is 7.48. The smallest absolute Gasteiger partial charge is 0.122 e. The van der Waals surface area contributed by atoms with E-state index in [1.165, 1.54) is 0 Å². The van der Waals surface area contributed by atoms with E-state index < -0.39 is 0 Å². The average Bonchev–Trinajstić information content (AvgIpc) is 2.95. The summed E-state index contributed by atoms with van der Waals surface area (Å²) in [6, 6.07) is 15.3. The molecule has 22 heavy (non-hydrogen) atoms. The Hall–Kier alpha value is -2.75. The van der Waals surface area contributed by atoms with Crippen LogP contribution in [-0.2, 0) is 13.0 Å². The van der Waals surface area contributed by atoms with E-state index >= 15 is 0 Å². The van der Waals surface area contributed by atoms with Crippen LogP contribution in [0, 0.1) is 0 Å². The Kier molecular flexibility index (Phi) is 4.10. The zero-order valence-corrected chi connectivity index (χ0v) is 12.4. The van der Waals surface area contributed by atoms with E-state index in [-0.39, 0.29) is 5.75 Å². The molecule has 1 N–H and O–H groups in total. The molecule has 3 rings (SSSR count). The van der Waals surface area contributed by atoms with Crippen LogP contribution in [0.2, 0.25) is 0 Å². The summed E-state index contributed by atoms with van der Waals surface area (Å²) in [4.78, 5) is 4.45. The standard InChI is InChI=1S/C18H18N2O2/c1-22-17-8-3-2-6-15(17)12-18-19-9-10-20(18)13-14-5-4-7-16(21)11-14/h2-11,21H,12-13H2,1H3. The van der Waals surface area contributed by atoms with Crippen LogP contribution in [0.3, 0.4) is 0 Å². The monoisotopic (exact) mass is 294 g/mol. The number of rotatable bonds is 5. The van der Waals surface area contributed by atoms with Crippen LogP contribution in [0.15, 0.2) is 60.9 Å². The maximum absolute atomic E-state index is 9.57. The van der Waals surface area contributed by atoms with Gasteiger partial charge in [-0.2, -0.15) is 0 Å². The highest BCUT2D eigenvalue weighted by atomic mass is 16.5. The van der Waals surface area contributed by atoms with E-state index in [1.54, 1.807) is 25.4 Å². The lowest BCUT2D eigenvalue weighted by atomic mass is 10.1. The Morgan fingerprint density at radius 2 is 2.00 bits per heavy atom. The minimum atomic E-state index is 0.281. The van der Waals surface area contributed by atoms with Gasteiger partial charge in [-0.05, 0) is 23.8 Å². The number of nitrogens with zero attached hydrogens (tertiary/aromatic N) is 2. The number of hydrogen-bond acceptors (Lipinski definition) is 3. The van der Waals surface area contributed by atoms with E-state index in [2.05, 4.69) is 9.55 Å². The van der Waals surface area contributed by atoms with Gasteiger partial charge in [-0.15, -0.1) is 0 Å². The quantitative estimate of drug-likeness (QED) is 0.786. The second-order valence-electron chi connectivity index (χ2n) is 5.13. The maximum atomic E-state index is 9.57. The largest absolute Gasteiger partial charge is 0.508 e. The van der Waals surface area contributed by atoms with Crippen LogP contribution in [0.25, 0.3) is 0 Å². The van der Waals surface area contributed by atoms with Crippen LogP contribution in [0.4, 0.5) is 0 Å². The fraction of sp³-hybridized carbons (Fsp3) is 0.167. The van der Waals surface area contributed by atoms with Crippen molar-refractivity contribution in [3.05, 3.63) is 77.9 Å². The summed E-state index contributed by atoms with van der Waals surface area (Å²) in [6.45, 7) is 0.679. The van der Waals surface area contributed by atoms with E-state index in [1.807, 2.05) is 42.6 Å². The van der Waals surface area contributed by atoms with E-state index in [0.717, 1.165) is 22.7 Å². The second-order valence-corrected chi connectivity index (χ2v) is 5.13. The van der Waals surface area contributed by atoms with Gasteiger partial charge in [0.1, 0.15) is 17.3 Å². The summed E-state index contributed by atoms with van der Waals surface area (Å²) in [5.74, 6) is 2.12. The minimum Gasteiger partial charge on any atom is -0.508 e. The summed E-state index contributed by atoms with van der Waals surface area (Å²) in [5.41, 5.74) is 2.15. The number of para-hydroxylation sites is 1. The van der Waals surface area contributed by atoms with Crippen LogP contribution >= 0.6 is 0 Å². The van der Waals surface area contributed by atoms with Gasteiger partial charge in [0, 0.05) is 30.9 Å². The molecule has 1 heterocycles. The Morgan fingerprint density at radius 1 is 1.14 bits per heavy atom. The lowest BCUT2D eigenvalue weighted by Crippen LogP contribution is -2.05. The van der Waals surface area contributed by atoms with Crippen molar-refractivity contribution in [2.45, 2.75) is 13.0 Å². The average molecular weight is 294 g/mol. The predicted molar refractivity (Wildman–Crippen MR) is 85.2 cm³/mol. The minimum absolute atomic E-state index is 0.281. The number of benzene rings is 2. The molecule has 1 aromatic heterocycles. The molecule has 0 spiro atoms.